The highest BCUT2D eigenvalue weighted by Gasteiger charge is 2.36. The minimum atomic E-state index is -0.892. The molecule has 0 unspecified atom stereocenters. The number of nitrogens with zero attached hydrogens (tertiary/aromatic N) is 3. The van der Waals surface area contributed by atoms with Crippen molar-refractivity contribution in [2.75, 3.05) is 6.54 Å². The summed E-state index contributed by atoms with van der Waals surface area (Å²) in [5, 5.41) is 6.34. The molecule has 92 valence electrons. The summed E-state index contributed by atoms with van der Waals surface area (Å²) in [6.07, 6.45) is 1.50. The Hall–Kier alpha value is -1.92. The zero-order valence-electron chi connectivity index (χ0n) is 9.77. The van der Waals surface area contributed by atoms with E-state index < -0.39 is 5.54 Å². The van der Waals surface area contributed by atoms with E-state index in [4.69, 9.17) is 0 Å². The van der Waals surface area contributed by atoms with Crippen LogP contribution in [0.3, 0.4) is 0 Å². The molecular weight excluding hydrogens is 224 g/mol. The van der Waals surface area contributed by atoms with E-state index >= 15 is 0 Å². The first-order valence-corrected chi connectivity index (χ1v) is 5.35. The van der Waals surface area contributed by atoms with Gasteiger partial charge in [-0.15, -0.1) is 0 Å². The summed E-state index contributed by atoms with van der Waals surface area (Å²) in [5.41, 5.74) is -0.892. The molecule has 1 aromatic rings. The van der Waals surface area contributed by atoms with Crippen LogP contribution in [0.25, 0.3) is 0 Å². The van der Waals surface area contributed by atoms with Gasteiger partial charge in [0, 0.05) is 13.0 Å². The summed E-state index contributed by atoms with van der Waals surface area (Å²) in [5.74, 6) is 0.163. The summed E-state index contributed by atoms with van der Waals surface area (Å²) < 4.78 is 4.61. The van der Waals surface area contributed by atoms with Crippen molar-refractivity contribution in [3.05, 3.63) is 12.2 Å². The van der Waals surface area contributed by atoms with Gasteiger partial charge in [-0.2, -0.15) is 4.98 Å². The standard InChI is InChI=1S/C10H14N4O3/c1-10(2)9(16)14(4-3-8(15)12-10)5-7-11-6-17-13-7/h6H,3-5H2,1-2H3,(H,12,15). The van der Waals surface area contributed by atoms with Crippen LogP contribution >= 0.6 is 0 Å². The maximum atomic E-state index is 12.2. The average Bonchev–Trinajstić information content (AvgIpc) is 2.71. The maximum absolute atomic E-state index is 12.2. The molecule has 0 aliphatic carbocycles. The van der Waals surface area contributed by atoms with E-state index in [2.05, 4.69) is 20.0 Å². The molecule has 0 spiro atoms. The molecule has 1 N–H and O–H groups in total. The van der Waals surface area contributed by atoms with Crippen LogP contribution < -0.4 is 5.32 Å². The minimum absolute atomic E-state index is 0.126. The summed E-state index contributed by atoms with van der Waals surface area (Å²) in [6, 6.07) is 0. The van der Waals surface area contributed by atoms with Gasteiger partial charge in [-0.05, 0) is 13.8 Å². The van der Waals surface area contributed by atoms with E-state index in [9.17, 15) is 9.59 Å². The van der Waals surface area contributed by atoms with Gasteiger partial charge in [0.2, 0.25) is 18.2 Å². The first-order chi connectivity index (χ1) is 7.99. The fraction of sp³-hybridized carbons (Fsp3) is 0.600. The van der Waals surface area contributed by atoms with Crippen molar-refractivity contribution in [2.24, 2.45) is 0 Å². The van der Waals surface area contributed by atoms with Crippen molar-refractivity contribution in [3.63, 3.8) is 0 Å². The molecule has 7 heteroatoms. The molecule has 2 amide bonds. The number of carbonyl (C=O) groups is 2. The first kappa shape index (κ1) is 11.6. The molecule has 0 atom stereocenters. The Kier molecular flexibility index (Phi) is 2.83. The highest BCUT2D eigenvalue weighted by atomic mass is 16.5. The highest BCUT2D eigenvalue weighted by Crippen LogP contribution is 2.14. The monoisotopic (exact) mass is 238 g/mol. The zero-order valence-corrected chi connectivity index (χ0v) is 9.77. The Morgan fingerprint density at radius 3 is 2.94 bits per heavy atom. The van der Waals surface area contributed by atoms with Gasteiger partial charge >= 0.3 is 0 Å². The Bertz CT molecular complexity index is 427. The molecule has 1 saturated heterocycles. The SMILES string of the molecule is CC1(C)NC(=O)CCN(Cc2ncon2)C1=O. The van der Waals surface area contributed by atoms with Crippen LogP contribution in [0.4, 0.5) is 0 Å². The average molecular weight is 238 g/mol. The van der Waals surface area contributed by atoms with Gasteiger partial charge in [-0.1, -0.05) is 5.16 Å². The van der Waals surface area contributed by atoms with Crippen molar-refractivity contribution in [2.45, 2.75) is 32.4 Å². The lowest BCUT2D eigenvalue weighted by molar-refractivity contribution is -0.137. The lowest BCUT2D eigenvalue weighted by Crippen LogP contribution is -2.52. The summed E-state index contributed by atoms with van der Waals surface area (Å²) in [6.45, 7) is 3.99. The fourth-order valence-corrected chi connectivity index (χ4v) is 1.78. The fourth-order valence-electron chi connectivity index (χ4n) is 1.78. The molecule has 7 nitrogen and oxygen atoms in total. The predicted molar refractivity (Wildman–Crippen MR) is 56.6 cm³/mol. The van der Waals surface area contributed by atoms with E-state index in [1.807, 2.05) is 0 Å². The number of carbonyl (C=O) groups excluding carboxylic acids is 2. The predicted octanol–water partition coefficient (Wildman–Crippen LogP) is -0.303. The smallest absolute Gasteiger partial charge is 0.248 e. The van der Waals surface area contributed by atoms with Crippen LogP contribution in [0.1, 0.15) is 26.1 Å². The topological polar surface area (TPSA) is 88.3 Å². The van der Waals surface area contributed by atoms with Crippen LogP contribution in [0, 0.1) is 0 Å². The molecule has 1 aromatic heterocycles. The molecule has 0 aromatic carbocycles. The van der Waals surface area contributed by atoms with Crippen molar-refractivity contribution >= 4 is 11.8 Å². The van der Waals surface area contributed by atoms with E-state index in [-0.39, 0.29) is 24.8 Å². The molecule has 0 bridgehead atoms. The molecule has 2 rings (SSSR count). The molecule has 1 aliphatic rings. The third-order valence-electron chi connectivity index (χ3n) is 2.62. The Labute approximate surface area is 98.2 Å². The second-order valence-electron chi connectivity index (χ2n) is 4.50. The molecule has 17 heavy (non-hydrogen) atoms. The van der Waals surface area contributed by atoms with Crippen LogP contribution in [0.5, 0.6) is 0 Å². The number of hydrogen-bond acceptors (Lipinski definition) is 5. The zero-order chi connectivity index (χ0) is 12.5. The minimum Gasteiger partial charge on any atom is -0.343 e. The van der Waals surface area contributed by atoms with Crippen molar-refractivity contribution in [3.8, 4) is 0 Å². The van der Waals surface area contributed by atoms with Gasteiger partial charge in [0.05, 0.1) is 6.54 Å². The highest BCUT2D eigenvalue weighted by molar-refractivity contribution is 5.92. The van der Waals surface area contributed by atoms with Crippen LogP contribution in [-0.2, 0) is 16.1 Å². The lowest BCUT2D eigenvalue weighted by atomic mass is 10.0. The van der Waals surface area contributed by atoms with Gasteiger partial charge < -0.3 is 14.7 Å². The summed E-state index contributed by atoms with van der Waals surface area (Å²) >= 11 is 0. The Morgan fingerprint density at radius 1 is 1.53 bits per heavy atom. The van der Waals surface area contributed by atoms with Crippen LogP contribution in [-0.4, -0.2) is 38.9 Å². The first-order valence-electron chi connectivity index (χ1n) is 5.35. The normalized spacial score (nSPS) is 20.0. The van der Waals surface area contributed by atoms with E-state index in [1.165, 1.54) is 6.39 Å². The van der Waals surface area contributed by atoms with Crippen LogP contribution in [0.15, 0.2) is 10.9 Å². The van der Waals surface area contributed by atoms with Crippen LogP contribution in [0.2, 0.25) is 0 Å². The Balaban J connectivity index is 2.16. The summed E-state index contributed by atoms with van der Waals surface area (Å²) in [4.78, 5) is 29.0. The van der Waals surface area contributed by atoms with Gasteiger partial charge in [0.25, 0.3) is 0 Å². The van der Waals surface area contributed by atoms with Crippen molar-refractivity contribution in [1.29, 1.82) is 0 Å². The van der Waals surface area contributed by atoms with E-state index in [0.717, 1.165) is 0 Å². The number of aromatic nitrogens is 2. The molecule has 1 fully saturated rings. The molecule has 0 radical (unpaired) electrons. The molecular formula is C10H14N4O3. The number of rotatable bonds is 2. The van der Waals surface area contributed by atoms with Gasteiger partial charge in [-0.3, -0.25) is 9.59 Å². The van der Waals surface area contributed by atoms with Crippen molar-refractivity contribution < 1.29 is 14.1 Å². The number of amides is 2. The third kappa shape index (κ3) is 2.43. The largest absolute Gasteiger partial charge is 0.343 e. The quantitative estimate of drug-likeness (QED) is 0.764. The Morgan fingerprint density at radius 2 is 2.29 bits per heavy atom. The van der Waals surface area contributed by atoms with Gasteiger partial charge in [0.15, 0.2) is 5.82 Å². The molecule has 0 saturated carbocycles. The molecule has 2 heterocycles. The lowest BCUT2D eigenvalue weighted by Gasteiger charge is -2.27. The second-order valence-corrected chi connectivity index (χ2v) is 4.50. The number of nitrogens with one attached hydrogen (secondary N) is 1. The maximum Gasteiger partial charge on any atom is 0.248 e. The second kappa shape index (κ2) is 4.15. The summed E-state index contributed by atoms with van der Waals surface area (Å²) in [7, 11) is 0. The van der Waals surface area contributed by atoms with E-state index in [0.29, 0.717) is 12.4 Å². The van der Waals surface area contributed by atoms with Crippen molar-refractivity contribution in [1.82, 2.24) is 20.4 Å². The van der Waals surface area contributed by atoms with Gasteiger partial charge in [0.1, 0.15) is 5.54 Å². The van der Waals surface area contributed by atoms with Gasteiger partial charge in [-0.25, -0.2) is 0 Å². The number of hydrogen-bond donors (Lipinski definition) is 1. The third-order valence-corrected chi connectivity index (χ3v) is 2.62. The molecule has 1 aliphatic heterocycles. The van der Waals surface area contributed by atoms with E-state index in [1.54, 1.807) is 18.7 Å².